The van der Waals surface area contributed by atoms with Gasteiger partial charge in [0.15, 0.2) is 0 Å². The van der Waals surface area contributed by atoms with Gasteiger partial charge in [0, 0.05) is 68.0 Å². The number of rotatable bonds is 10. The Morgan fingerprint density at radius 3 is 1.63 bits per heavy atom. The molecule has 0 N–H and O–H groups in total. The third kappa shape index (κ3) is 7.04. The molecule has 6 aliphatic rings. The van der Waals surface area contributed by atoms with E-state index >= 15 is 0 Å². The Morgan fingerprint density at radius 2 is 1.15 bits per heavy atom. The van der Waals surface area contributed by atoms with Crippen molar-refractivity contribution >= 4 is 23.2 Å². The summed E-state index contributed by atoms with van der Waals surface area (Å²) in [6.07, 6.45) is 13.2. The number of halogens is 1. The lowest BCUT2D eigenvalue weighted by Crippen LogP contribution is -2.62. The number of ether oxygens (including phenoxy) is 6. The van der Waals surface area contributed by atoms with Gasteiger partial charge in [-0.1, -0.05) is 73.1 Å². The van der Waals surface area contributed by atoms with E-state index in [1.54, 1.807) is 14.2 Å². The average molecular weight is 780 g/mol. The van der Waals surface area contributed by atoms with Crippen molar-refractivity contribution in [2.24, 2.45) is 68.5 Å². The fourth-order valence-corrected chi connectivity index (χ4v) is 14.2. The van der Waals surface area contributed by atoms with E-state index in [4.69, 9.17) is 40.0 Å². The topological polar surface area (TPSA) is 89.5 Å². The molecule has 8 nitrogen and oxygen atoms in total. The highest BCUT2D eigenvalue weighted by Crippen LogP contribution is 2.70. The van der Waals surface area contributed by atoms with Gasteiger partial charge in [0.2, 0.25) is 0 Å². The molecule has 310 valence electrons. The van der Waals surface area contributed by atoms with Crippen LogP contribution in [0.15, 0.2) is 11.6 Å². The Morgan fingerprint density at radius 1 is 0.685 bits per heavy atom. The Kier molecular flexibility index (Phi) is 14.1. The number of hydrogen-bond acceptors (Lipinski definition) is 8. The van der Waals surface area contributed by atoms with E-state index in [2.05, 4.69) is 55.4 Å². The van der Waals surface area contributed by atoms with E-state index in [1.165, 1.54) is 12.0 Å². The van der Waals surface area contributed by atoms with Gasteiger partial charge in [-0.25, -0.2) is 0 Å². The maximum absolute atomic E-state index is 14.0. The summed E-state index contributed by atoms with van der Waals surface area (Å²) in [6, 6.07) is 0. The van der Waals surface area contributed by atoms with E-state index < -0.39 is 5.41 Å². The molecule has 0 radical (unpaired) electrons. The molecule has 4 unspecified atom stereocenters. The summed E-state index contributed by atoms with van der Waals surface area (Å²) in [6.45, 7) is 18.6. The van der Waals surface area contributed by atoms with Crippen molar-refractivity contribution in [1.29, 1.82) is 0 Å². The molecule has 6 saturated carbocycles. The van der Waals surface area contributed by atoms with E-state index in [1.807, 2.05) is 20.3 Å². The highest BCUT2D eigenvalue weighted by atomic mass is 35.5. The monoisotopic (exact) mass is 779 g/mol. The largest absolute Gasteiger partial charge is 0.381 e. The molecule has 0 aromatic heterocycles. The van der Waals surface area contributed by atoms with E-state index in [9.17, 15) is 9.59 Å². The van der Waals surface area contributed by atoms with Gasteiger partial charge in [0.25, 0.3) is 0 Å². The van der Waals surface area contributed by atoms with Crippen LogP contribution in [0.1, 0.15) is 126 Å². The highest BCUT2D eigenvalue weighted by Gasteiger charge is 2.69. The molecule has 0 spiro atoms. The summed E-state index contributed by atoms with van der Waals surface area (Å²) < 4.78 is 35.2. The van der Waals surface area contributed by atoms with Gasteiger partial charge in [-0.2, -0.15) is 0 Å². The van der Waals surface area contributed by atoms with Crippen molar-refractivity contribution in [3.05, 3.63) is 11.6 Å². The predicted octanol–water partition coefficient (Wildman–Crippen LogP) is 9.65. The summed E-state index contributed by atoms with van der Waals surface area (Å²) in [5, 5.41) is 0. The van der Waals surface area contributed by atoms with Crippen molar-refractivity contribution in [3.63, 3.8) is 0 Å². The van der Waals surface area contributed by atoms with E-state index in [0.29, 0.717) is 54.9 Å². The molecule has 0 amide bonds. The number of allylic oxidation sites excluding steroid dienone is 1. The lowest BCUT2D eigenvalue weighted by molar-refractivity contribution is -0.219. The van der Waals surface area contributed by atoms with Crippen LogP contribution in [-0.2, 0) is 38.0 Å². The Hall–Kier alpha value is -0.870. The van der Waals surface area contributed by atoms with Crippen LogP contribution in [0.3, 0.4) is 0 Å². The van der Waals surface area contributed by atoms with Crippen LogP contribution in [0.5, 0.6) is 0 Å². The molecule has 54 heavy (non-hydrogen) atoms. The van der Waals surface area contributed by atoms with Crippen LogP contribution in [0, 0.1) is 68.5 Å². The maximum Gasteiger partial charge on any atom is 0.146 e. The number of Topliss-reactive ketones (excluding diaryl/α,β-unsaturated/α-hetero) is 2. The first-order valence-electron chi connectivity index (χ1n) is 21.1. The average Bonchev–Trinajstić information content (AvgIpc) is 3.76. The van der Waals surface area contributed by atoms with Gasteiger partial charge in [0.05, 0.1) is 24.4 Å². The zero-order valence-corrected chi connectivity index (χ0v) is 36.6. The molecular formula is C45H75ClO8. The van der Waals surface area contributed by atoms with Crippen molar-refractivity contribution < 1.29 is 38.0 Å². The summed E-state index contributed by atoms with van der Waals surface area (Å²) in [4.78, 5) is 27.2. The molecule has 16 atom stereocenters. The molecule has 0 aromatic carbocycles. The lowest BCUT2D eigenvalue weighted by Gasteiger charge is -2.62. The van der Waals surface area contributed by atoms with Crippen molar-refractivity contribution in [2.45, 2.75) is 150 Å². The molecule has 0 saturated heterocycles. The van der Waals surface area contributed by atoms with Crippen LogP contribution in [0.2, 0.25) is 0 Å². The van der Waals surface area contributed by atoms with Crippen molar-refractivity contribution in [2.75, 3.05) is 42.0 Å². The van der Waals surface area contributed by atoms with Gasteiger partial charge < -0.3 is 28.4 Å². The first kappa shape index (κ1) is 44.2. The number of methoxy groups -OCH3 is 4. The quantitative estimate of drug-likeness (QED) is 0.203. The summed E-state index contributed by atoms with van der Waals surface area (Å²) in [5.41, 5.74) is 1.04. The Labute approximate surface area is 332 Å². The molecule has 0 aliphatic heterocycles. The van der Waals surface area contributed by atoms with Gasteiger partial charge in [-0.15, -0.1) is 0 Å². The molecule has 6 rings (SSSR count). The predicted molar refractivity (Wildman–Crippen MR) is 213 cm³/mol. The Balaban J connectivity index is 0.000000210. The zero-order valence-electron chi connectivity index (χ0n) is 35.8. The molecule has 0 aromatic rings. The number of hydrogen-bond donors (Lipinski definition) is 0. The molecule has 0 heterocycles. The minimum Gasteiger partial charge on any atom is -0.381 e. The van der Waals surface area contributed by atoms with Crippen LogP contribution in [-0.4, -0.2) is 78.0 Å². The van der Waals surface area contributed by atoms with Crippen molar-refractivity contribution in [3.8, 4) is 0 Å². The second-order valence-electron chi connectivity index (χ2n) is 19.5. The molecule has 9 heteroatoms. The number of carbonyl (C=O) groups excluding carboxylic acids is 2. The van der Waals surface area contributed by atoms with Crippen molar-refractivity contribution in [1.82, 2.24) is 0 Å². The van der Waals surface area contributed by atoms with Gasteiger partial charge >= 0.3 is 0 Å². The van der Waals surface area contributed by atoms with Gasteiger partial charge in [-0.05, 0) is 105 Å². The minimum atomic E-state index is -0.495. The SMILES string of the molecule is COCO[C@@H]1C[C@@](C)(CC=CCl)C(=O)[C@H](C)C23CC[C@@H](C)[C@]1(C)C2[C@H](OC)CC3.COCO[C@@H]1C[C@H](C)C(=O)[C@H](C)C23CC[C@@H](C)[C@]1(C)C2[C@H](OC)CC3. The lowest BCUT2D eigenvalue weighted by atomic mass is 9.44. The van der Waals surface area contributed by atoms with Crippen LogP contribution < -0.4 is 0 Å². The third-order valence-electron chi connectivity index (χ3n) is 17.6. The fraction of sp³-hybridized carbons (Fsp3) is 0.911. The van der Waals surface area contributed by atoms with Gasteiger partial charge in [-0.3, -0.25) is 9.59 Å². The summed E-state index contributed by atoms with van der Waals surface area (Å²) in [7, 11) is 7.01. The summed E-state index contributed by atoms with van der Waals surface area (Å²) in [5.74, 6) is 2.68. The second-order valence-corrected chi connectivity index (χ2v) is 19.7. The van der Waals surface area contributed by atoms with Crippen LogP contribution in [0.25, 0.3) is 0 Å². The summed E-state index contributed by atoms with van der Waals surface area (Å²) >= 11 is 5.87. The third-order valence-corrected chi connectivity index (χ3v) is 17.8. The maximum atomic E-state index is 14.0. The van der Waals surface area contributed by atoms with E-state index in [0.717, 1.165) is 51.4 Å². The zero-order chi connectivity index (χ0) is 39.9. The molecule has 6 aliphatic carbocycles. The minimum absolute atomic E-state index is 0.0107. The standard InChI is InChI=1S/C24H39ClO4.C21H36O4/c1-16-8-11-24-12-9-18(28-6)20(24)23(16,4)19(29-15-27-5)14-22(3,10-7-13-25)21(26)17(24)2;1-13-11-17(25-12-23-5)20(4)14(2)7-9-21(15(3)18(13)22)10-8-16(24-6)19(20)21/h7,13,16-20H,8-12,14-15H2,1-6H3;13-17,19H,7-12H2,1-6H3/t16-,17+,18-,19-,20?,22-,23+,24?;13-,14+,15-,16+,17+,19?,20-,21?/m10/s1. The fourth-order valence-electron chi connectivity index (χ4n) is 14.2. The smallest absolute Gasteiger partial charge is 0.146 e. The first-order chi connectivity index (χ1) is 25.5. The van der Waals surface area contributed by atoms with Crippen LogP contribution in [0.4, 0.5) is 0 Å². The molecular weight excluding hydrogens is 704 g/mol. The molecule has 6 fully saturated rings. The number of carbonyl (C=O) groups is 2. The normalized spacial score (nSPS) is 48.9. The molecule has 4 bridgehead atoms. The first-order valence-corrected chi connectivity index (χ1v) is 21.6. The highest BCUT2D eigenvalue weighted by molar-refractivity contribution is 6.25. The van der Waals surface area contributed by atoms with E-state index in [-0.39, 0.29) is 70.6 Å². The number of ketones is 2. The Bertz CT molecular complexity index is 1340. The van der Waals surface area contributed by atoms with Gasteiger partial charge in [0.1, 0.15) is 25.2 Å². The van der Waals surface area contributed by atoms with Crippen LogP contribution >= 0.6 is 11.6 Å². The second kappa shape index (κ2) is 17.2.